The molecule has 2 heterocycles. The molecule has 0 aliphatic heterocycles. The van der Waals surface area contributed by atoms with Gasteiger partial charge in [-0.3, -0.25) is 0 Å². The zero-order chi connectivity index (χ0) is 14.9. The summed E-state index contributed by atoms with van der Waals surface area (Å²) < 4.78 is 10.7. The molecule has 20 heavy (non-hydrogen) atoms. The van der Waals surface area contributed by atoms with E-state index in [0.29, 0.717) is 11.5 Å². The molecule has 0 aromatic carbocycles. The van der Waals surface area contributed by atoms with Crippen molar-refractivity contribution in [1.82, 2.24) is 5.16 Å². The quantitative estimate of drug-likeness (QED) is 0.909. The first-order chi connectivity index (χ1) is 9.40. The van der Waals surface area contributed by atoms with Crippen molar-refractivity contribution in [1.29, 1.82) is 0 Å². The Bertz CT molecular complexity index is 608. The van der Waals surface area contributed by atoms with Crippen LogP contribution in [0.4, 0.5) is 0 Å². The summed E-state index contributed by atoms with van der Waals surface area (Å²) in [6.07, 6.45) is 0. The Morgan fingerprint density at radius 2 is 2.20 bits per heavy atom. The van der Waals surface area contributed by atoms with E-state index in [-0.39, 0.29) is 17.4 Å². The monoisotopic (exact) mass is 295 g/mol. The van der Waals surface area contributed by atoms with Crippen LogP contribution in [0.3, 0.4) is 0 Å². The van der Waals surface area contributed by atoms with Gasteiger partial charge in [-0.15, -0.1) is 11.3 Å². The Morgan fingerprint density at radius 1 is 1.50 bits per heavy atom. The highest BCUT2D eigenvalue weighted by molar-refractivity contribution is 7.14. The topological polar surface area (TPSA) is 72.6 Å². The first kappa shape index (κ1) is 14.6. The van der Waals surface area contributed by atoms with Crippen LogP contribution >= 0.6 is 11.3 Å². The third kappa shape index (κ3) is 2.85. The van der Waals surface area contributed by atoms with Crippen molar-refractivity contribution >= 4 is 17.3 Å². The van der Waals surface area contributed by atoms with Crippen LogP contribution in [0.25, 0.3) is 0 Å². The second-order valence-electron chi connectivity index (χ2n) is 4.89. The van der Waals surface area contributed by atoms with Crippen LogP contribution in [0.15, 0.2) is 10.6 Å². The van der Waals surface area contributed by atoms with Gasteiger partial charge in [0.25, 0.3) is 0 Å². The second-order valence-corrected chi connectivity index (χ2v) is 5.98. The minimum Gasteiger partial charge on any atom is -0.487 e. The van der Waals surface area contributed by atoms with E-state index in [0.717, 1.165) is 16.1 Å². The van der Waals surface area contributed by atoms with Crippen LogP contribution in [-0.2, 0) is 6.61 Å². The maximum atomic E-state index is 11.3. The number of thiophene rings is 1. The van der Waals surface area contributed by atoms with Gasteiger partial charge >= 0.3 is 5.97 Å². The van der Waals surface area contributed by atoms with Crippen LogP contribution in [0.2, 0.25) is 0 Å². The maximum absolute atomic E-state index is 11.3. The van der Waals surface area contributed by atoms with Gasteiger partial charge in [0, 0.05) is 4.88 Å². The van der Waals surface area contributed by atoms with Crippen molar-refractivity contribution in [2.45, 2.75) is 40.2 Å². The summed E-state index contributed by atoms with van der Waals surface area (Å²) in [6.45, 7) is 7.95. The van der Waals surface area contributed by atoms with E-state index < -0.39 is 5.97 Å². The number of carbonyl (C=O) groups is 1. The lowest BCUT2D eigenvalue weighted by atomic mass is 10.2. The Kier molecular flexibility index (Phi) is 4.13. The molecule has 2 aromatic heterocycles. The average molecular weight is 295 g/mol. The Hall–Kier alpha value is -1.82. The number of carboxylic acid groups (broad SMARTS) is 1. The van der Waals surface area contributed by atoms with Gasteiger partial charge < -0.3 is 14.4 Å². The molecule has 0 atom stereocenters. The van der Waals surface area contributed by atoms with E-state index in [9.17, 15) is 9.90 Å². The molecule has 0 amide bonds. The fourth-order valence-corrected chi connectivity index (χ4v) is 2.73. The van der Waals surface area contributed by atoms with Crippen LogP contribution in [0.1, 0.15) is 51.3 Å². The summed E-state index contributed by atoms with van der Waals surface area (Å²) in [7, 11) is 0. The highest BCUT2D eigenvalue weighted by Crippen LogP contribution is 2.34. The Morgan fingerprint density at radius 3 is 2.70 bits per heavy atom. The van der Waals surface area contributed by atoms with Gasteiger partial charge in [0.15, 0.2) is 4.88 Å². The molecule has 0 saturated heterocycles. The van der Waals surface area contributed by atoms with Crippen LogP contribution < -0.4 is 4.74 Å². The van der Waals surface area contributed by atoms with Crippen molar-refractivity contribution in [2.24, 2.45) is 0 Å². The lowest BCUT2D eigenvalue weighted by Gasteiger charge is -2.04. The molecule has 2 aromatic rings. The van der Waals surface area contributed by atoms with Crippen LogP contribution in [-0.4, -0.2) is 16.2 Å². The van der Waals surface area contributed by atoms with Gasteiger partial charge in [-0.2, -0.15) is 0 Å². The molecule has 2 rings (SSSR count). The standard InChI is InChI=1S/C14H17NO4S/c1-7(2)12-5-11(13(20-12)14(16)17)18-6-10-8(3)15-19-9(10)4/h5,7H,6H2,1-4H3,(H,16,17). The SMILES string of the molecule is Cc1noc(C)c1COc1cc(C(C)C)sc1C(=O)O. The second kappa shape index (κ2) is 5.66. The van der Waals surface area contributed by atoms with Crippen molar-refractivity contribution in [2.75, 3.05) is 0 Å². The molecule has 0 unspecified atom stereocenters. The molecular weight excluding hydrogens is 278 g/mol. The molecule has 0 fully saturated rings. The minimum absolute atomic E-state index is 0.237. The van der Waals surface area contributed by atoms with Gasteiger partial charge in [0.2, 0.25) is 0 Å². The van der Waals surface area contributed by atoms with E-state index in [1.54, 1.807) is 6.07 Å². The molecule has 5 nitrogen and oxygen atoms in total. The third-order valence-corrected chi connectivity index (χ3v) is 4.44. The summed E-state index contributed by atoms with van der Waals surface area (Å²) >= 11 is 1.26. The number of hydrogen-bond acceptors (Lipinski definition) is 5. The summed E-state index contributed by atoms with van der Waals surface area (Å²) in [5, 5.41) is 13.1. The van der Waals surface area contributed by atoms with Crippen molar-refractivity contribution in [3.8, 4) is 5.75 Å². The summed E-state index contributed by atoms with van der Waals surface area (Å²) in [5.41, 5.74) is 1.62. The molecule has 6 heteroatoms. The number of ether oxygens (including phenoxy) is 1. The van der Waals surface area contributed by atoms with Gasteiger partial charge in [-0.05, 0) is 25.8 Å². The number of nitrogens with zero attached hydrogens (tertiary/aromatic N) is 1. The van der Waals surface area contributed by atoms with Crippen LogP contribution in [0.5, 0.6) is 5.75 Å². The predicted octanol–water partition coefficient (Wildman–Crippen LogP) is 3.75. The molecule has 0 aliphatic carbocycles. The van der Waals surface area contributed by atoms with E-state index in [4.69, 9.17) is 9.26 Å². The lowest BCUT2D eigenvalue weighted by molar-refractivity contribution is 0.0697. The molecule has 0 aliphatic rings. The normalized spacial score (nSPS) is 11.1. The number of aryl methyl sites for hydroxylation is 2. The fraction of sp³-hybridized carbons (Fsp3) is 0.429. The number of aromatic carboxylic acids is 1. The number of carboxylic acids is 1. The van der Waals surface area contributed by atoms with Crippen molar-refractivity contribution in [3.63, 3.8) is 0 Å². The van der Waals surface area contributed by atoms with Gasteiger partial charge in [-0.1, -0.05) is 19.0 Å². The lowest BCUT2D eigenvalue weighted by Crippen LogP contribution is -2.01. The largest absolute Gasteiger partial charge is 0.487 e. The van der Waals surface area contributed by atoms with E-state index in [1.807, 2.05) is 27.7 Å². The summed E-state index contributed by atoms with van der Waals surface area (Å²) in [6, 6.07) is 1.80. The van der Waals surface area contributed by atoms with Crippen molar-refractivity contribution in [3.05, 3.63) is 32.8 Å². The highest BCUT2D eigenvalue weighted by atomic mass is 32.1. The molecule has 0 bridgehead atoms. The molecule has 1 N–H and O–H groups in total. The predicted molar refractivity (Wildman–Crippen MR) is 75.7 cm³/mol. The number of rotatable bonds is 5. The fourth-order valence-electron chi connectivity index (χ4n) is 1.79. The zero-order valence-corrected chi connectivity index (χ0v) is 12.7. The smallest absolute Gasteiger partial charge is 0.349 e. The highest BCUT2D eigenvalue weighted by Gasteiger charge is 2.19. The first-order valence-electron chi connectivity index (χ1n) is 6.31. The van der Waals surface area contributed by atoms with E-state index in [2.05, 4.69) is 5.16 Å². The van der Waals surface area contributed by atoms with E-state index in [1.165, 1.54) is 11.3 Å². The minimum atomic E-state index is -0.962. The van der Waals surface area contributed by atoms with Gasteiger partial charge in [0.05, 0.1) is 11.3 Å². The average Bonchev–Trinajstić information content (AvgIpc) is 2.92. The summed E-state index contributed by atoms with van der Waals surface area (Å²) in [5.74, 6) is 0.412. The van der Waals surface area contributed by atoms with Crippen LogP contribution in [0, 0.1) is 13.8 Å². The molecule has 0 radical (unpaired) electrons. The van der Waals surface area contributed by atoms with Gasteiger partial charge in [0.1, 0.15) is 18.1 Å². The molecule has 0 spiro atoms. The summed E-state index contributed by atoms with van der Waals surface area (Å²) in [4.78, 5) is 12.5. The molecular formula is C14H17NO4S. The Labute approximate surface area is 121 Å². The number of hydrogen-bond donors (Lipinski definition) is 1. The first-order valence-corrected chi connectivity index (χ1v) is 7.13. The van der Waals surface area contributed by atoms with Crippen molar-refractivity contribution < 1.29 is 19.2 Å². The van der Waals surface area contributed by atoms with Gasteiger partial charge in [-0.25, -0.2) is 4.79 Å². The molecule has 0 saturated carbocycles. The van der Waals surface area contributed by atoms with E-state index >= 15 is 0 Å². The maximum Gasteiger partial charge on any atom is 0.349 e. The third-order valence-electron chi connectivity index (χ3n) is 3.03. The zero-order valence-electron chi connectivity index (χ0n) is 11.9. The Balaban J connectivity index is 2.22. The molecule has 108 valence electrons. The number of aromatic nitrogens is 1.